The van der Waals surface area contributed by atoms with Gasteiger partial charge in [0.05, 0.1) is 18.4 Å². The van der Waals surface area contributed by atoms with E-state index in [2.05, 4.69) is 10.3 Å². The molecule has 2 rings (SSSR count). The van der Waals surface area contributed by atoms with Crippen LogP contribution in [0.4, 0.5) is 13.2 Å². The number of halogens is 3. The molecule has 1 aromatic heterocycles. The molecule has 0 aliphatic rings. The highest BCUT2D eigenvalue weighted by molar-refractivity contribution is 5.62. The summed E-state index contributed by atoms with van der Waals surface area (Å²) in [6.07, 6.45) is 0. The van der Waals surface area contributed by atoms with Crippen LogP contribution in [0.25, 0.3) is 11.3 Å². The van der Waals surface area contributed by atoms with Crippen molar-refractivity contribution in [3.8, 4) is 17.3 Å². The number of hydrogen-bond acceptors (Lipinski definition) is 4. The number of rotatable bonds is 3. The minimum atomic E-state index is -1.63. The molecule has 0 spiro atoms. The molecule has 98 valence electrons. The molecule has 0 aliphatic carbocycles. The number of aromatic nitrogens is 3. The fourth-order valence-corrected chi connectivity index (χ4v) is 1.64. The lowest BCUT2D eigenvalue weighted by Gasteiger charge is -2.07. The van der Waals surface area contributed by atoms with Gasteiger partial charge in [0.25, 0.3) is 0 Å². The Hall–Kier alpha value is -2.40. The van der Waals surface area contributed by atoms with E-state index in [1.807, 2.05) is 0 Å². The van der Waals surface area contributed by atoms with Crippen LogP contribution in [0.15, 0.2) is 12.1 Å². The molecule has 19 heavy (non-hydrogen) atoms. The van der Waals surface area contributed by atoms with E-state index in [0.717, 1.165) is 16.8 Å². The van der Waals surface area contributed by atoms with Crippen LogP contribution >= 0.6 is 0 Å². The zero-order valence-corrected chi connectivity index (χ0v) is 9.44. The minimum absolute atomic E-state index is 0.0276. The van der Waals surface area contributed by atoms with Gasteiger partial charge in [0, 0.05) is 5.56 Å². The number of aliphatic hydroxyl groups is 1. The Morgan fingerprint density at radius 2 is 2.00 bits per heavy atom. The monoisotopic (exact) mass is 268 g/mol. The van der Waals surface area contributed by atoms with Gasteiger partial charge in [-0.1, -0.05) is 5.21 Å². The van der Waals surface area contributed by atoms with Gasteiger partial charge in [-0.3, -0.25) is 0 Å². The van der Waals surface area contributed by atoms with Gasteiger partial charge >= 0.3 is 0 Å². The largest absolute Gasteiger partial charge is 0.390 e. The van der Waals surface area contributed by atoms with E-state index in [9.17, 15) is 13.2 Å². The molecule has 0 radical (unpaired) electrons. The first kappa shape index (κ1) is 13.0. The van der Waals surface area contributed by atoms with Crippen molar-refractivity contribution >= 4 is 0 Å². The smallest absolute Gasteiger partial charge is 0.195 e. The van der Waals surface area contributed by atoms with Gasteiger partial charge in [0.15, 0.2) is 17.5 Å². The number of aliphatic hydroxyl groups excluding tert-OH is 1. The highest BCUT2D eigenvalue weighted by atomic mass is 19.2. The Morgan fingerprint density at radius 3 is 2.63 bits per heavy atom. The molecule has 0 fully saturated rings. The van der Waals surface area contributed by atoms with Crippen molar-refractivity contribution in [1.29, 1.82) is 5.26 Å². The van der Waals surface area contributed by atoms with Crippen LogP contribution in [-0.4, -0.2) is 20.1 Å². The van der Waals surface area contributed by atoms with Gasteiger partial charge in [-0.2, -0.15) is 5.26 Å². The van der Waals surface area contributed by atoms with Crippen molar-refractivity contribution in [2.24, 2.45) is 0 Å². The molecule has 0 amide bonds. The predicted molar refractivity (Wildman–Crippen MR) is 56.9 cm³/mol. The molecule has 8 heteroatoms. The fourth-order valence-electron chi connectivity index (χ4n) is 1.64. The zero-order valence-electron chi connectivity index (χ0n) is 9.44. The molecule has 0 unspecified atom stereocenters. The van der Waals surface area contributed by atoms with Gasteiger partial charge in [-0.15, -0.1) is 5.10 Å². The van der Waals surface area contributed by atoms with Gasteiger partial charge < -0.3 is 5.11 Å². The molecule has 0 bridgehead atoms. The van der Waals surface area contributed by atoms with E-state index < -0.39 is 24.1 Å². The zero-order chi connectivity index (χ0) is 14.0. The van der Waals surface area contributed by atoms with Crippen molar-refractivity contribution in [1.82, 2.24) is 15.0 Å². The van der Waals surface area contributed by atoms with Crippen molar-refractivity contribution in [2.75, 3.05) is 0 Å². The van der Waals surface area contributed by atoms with Crippen LogP contribution in [0.1, 0.15) is 5.69 Å². The Balaban J connectivity index is 2.68. The van der Waals surface area contributed by atoms with E-state index in [1.54, 1.807) is 6.07 Å². The molecule has 5 nitrogen and oxygen atoms in total. The molecular weight excluding hydrogens is 261 g/mol. The minimum Gasteiger partial charge on any atom is -0.390 e. The second-order valence-electron chi connectivity index (χ2n) is 3.58. The molecule has 0 aliphatic heterocycles. The lowest BCUT2D eigenvalue weighted by atomic mass is 10.1. The van der Waals surface area contributed by atoms with Crippen molar-refractivity contribution < 1.29 is 18.3 Å². The van der Waals surface area contributed by atoms with E-state index in [4.69, 9.17) is 10.4 Å². The maximum atomic E-state index is 13.7. The fraction of sp³-hybridized carbons (Fsp3) is 0.182. The summed E-state index contributed by atoms with van der Waals surface area (Å²) in [4.78, 5) is 0. The number of hydrogen-bond donors (Lipinski definition) is 1. The van der Waals surface area contributed by atoms with Gasteiger partial charge in [0.1, 0.15) is 12.2 Å². The second kappa shape index (κ2) is 5.07. The standard InChI is InChI=1S/C11H7F3N4O/c12-7-2-1-6(9(13)10(7)14)11-8(5-19)16-17-18(11)4-3-15/h1-2,19H,4-5H2. The molecule has 1 heterocycles. The predicted octanol–water partition coefficient (Wildman–Crippen LogP) is 1.38. The Kier molecular flexibility index (Phi) is 3.48. The van der Waals surface area contributed by atoms with Crippen LogP contribution in [-0.2, 0) is 13.2 Å². The summed E-state index contributed by atoms with van der Waals surface area (Å²) in [5.74, 6) is -4.38. The molecule has 0 atom stereocenters. The van der Waals surface area contributed by atoms with Crippen molar-refractivity contribution in [3.05, 3.63) is 35.3 Å². The van der Waals surface area contributed by atoms with E-state index >= 15 is 0 Å². The van der Waals surface area contributed by atoms with Crippen LogP contribution in [0.3, 0.4) is 0 Å². The van der Waals surface area contributed by atoms with Crippen molar-refractivity contribution in [2.45, 2.75) is 13.2 Å². The topological polar surface area (TPSA) is 74.7 Å². The van der Waals surface area contributed by atoms with E-state index in [-0.39, 0.29) is 23.5 Å². The first-order valence-electron chi connectivity index (χ1n) is 5.14. The summed E-state index contributed by atoms with van der Waals surface area (Å²) in [6, 6.07) is 3.51. The van der Waals surface area contributed by atoms with Crippen molar-refractivity contribution in [3.63, 3.8) is 0 Å². The molecular formula is C11H7F3N4O. The van der Waals surface area contributed by atoms with E-state index in [0.29, 0.717) is 0 Å². The van der Waals surface area contributed by atoms with Crippen LogP contribution in [0.2, 0.25) is 0 Å². The molecule has 0 saturated carbocycles. The quantitative estimate of drug-likeness (QED) is 0.853. The summed E-state index contributed by atoms with van der Waals surface area (Å²) < 4.78 is 40.8. The second-order valence-corrected chi connectivity index (χ2v) is 3.58. The third-order valence-corrected chi connectivity index (χ3v) is 2.47. The van der Waals surface area contributed by atoms with Gasteiger partial charge in [-0.05, 0) is 12.1 Å². The Morgan fingerprint density at radius 1 is 1.26 bits per heavy atom. The number of benzene rings is 1. The number of nitriles is 1. The molecule has 0 saturated heterocycles. The van der Waals surface area contributed by atoms with Crippen LogP contribution < -0.4 is 0 Å². The van der Waals surface area contributed by atoms with E-state index in [1.165, 1.54) is 0 Å². The Bertz CT molecular complexity index is 663. The highest BCUT2D eigenvalue weighted by Gasteiger charge is 2.21. The van der Waals surface area contributed by atoms with Gasteiger partial charge in [0.2, 0.25) is 0 Å². The summed E-state index contributed by atoms with van der Waals surface area (Å²) in [7, 11) is 0. The van der Waals surface area contributed by atoms with Crippen LogP contribution in [0, 0.1) is 28.8 Å². The summed E-state index contributed by atoms with van der Waals surface area (Å²) in [6.45, 7) is -0.833. The first-order chi connectivity index (χ1) is 9.10. The molecule has 1 aromatic carbocycles. The summed E-state index contributed by atoms with van der Waals surface area (Å²) >= 11 is 0. The summed E-state index contributed by atoms with van der Waals surface area (Å²) in [5, 5.41) is 24.8. The third-order valence-electron chi connectivity index (χ3n) is 2.47. The normalized spacial score (nSPS) is 10.5. The maximum absolute atomic E-state index is 13.7. The molecule has 2 aromatic rings. The number of nitrogens with zero attached hydrogens (tertiary/aromatic N) is 4. The maximum Gasteiger partial charge on any atom is 0.195 e. The van der Waals surface area contributed by atoms with Crippen LogP contribution in [0.5, 0.6) is 0 Å². The average Bonchev–Trinajstić information content (AvgIpc) is 2.80. The first-order valence-corrected chi connectivity index (χ1v) is 5.14. The average molecular weight is 268 g/mol. The molecule has 1 N–H and O–H groups in total. The highest BCUT2D eigenvalue weighted by Crippen LogP contribution is 2.27. The lowest BCUT2D eigenvalue weighted by Crippen LogP contribution is -2.04. The lowest BCUT2D eigenvalue weighted by molar-refractivity contribution is 0.277. The SMILES string of the molecule is N#CCn1nnc(CO)c1-c1ccc(F)c(F)c1F. The third kappa shape index (κ3) is 2.15. The Labute approximate surface area is 105 Å². The summed E-state index contributed by atoms with van der Waals surface area (Å²) in [5.41, 5.74) is -0.399. The van der Waals surface area contributed by atoms with Gasteiger partial charge in [-0.25, -0.2) is 17.9 Å².